The first-order valence-electron chi connectivity index (χ1n) is 8.40. The van der Waals surface area contributed by atoms with Gasteiger partial charge in [-0.2, -0.15) is 4.31 Å². The van der Waals surface area contributed by atoms with Gasteiger partial charge in [-0.25, -0.2) is 8.42 Å². The van der Waals surface area contributed by atoms with Crippen LogP contribution in [0.3, 0.4) is 0 Å². The van der Waals surface area contributed by atoms with E-state index in [1.807, 2.05) is 33.8 Å². The van der Waals surface area contributed by atoms with Crippen LogP contribution in [0.4, 0.5) is 0 Å². The quantitative estimate of drug-likeness (QED) is 0.845. The number of aryl methyl sites for hydroxylation is 4. The summed E-state index contributed by atoms with van der Waals surface area (Å²) < 4.78 is 33.4. The summed E-state index contributed by atoms with van der Waals surface area (Å²) in [6.07, 6.45) is 2.37. The molecule has 0 saturated carbocycles. The van der Waals surface area contributed by atoms with E-state index in [1.165, 1.54) is 0 Å². The zero-order chi connectivity index (χ0) is 17.5. The van der Waals surface area contributed by atoms with Gasteiger partial charge in [-0.15, -0.1) is 0 Å². The lowest BCUT2D eigenvalue weighted by Gasteiger charge is -2.24. The summed E-state index contributed by atoms with van der Waals surface area (Å²) in [5, 5.41) is 4.05. The summed E-state index contributed by atoms with van der Waals surface area (Å²) in [5.74, 6) is 0.791. The highest BCUT2D eigenvalue weighted by molar-refractivity contribution is 7.89. The summed E-state index contributed by atoms with van der Waals surface area (Å²) in [6, 6.07) is 5.16. The van der Waals surface area contributed by atoms with Crippen molar-refractivity contribution in [2.24, 2.45) is 0 Å². The van der Waals surface area contributed by atoms with Crippen molar-refractivity contribution in [1.82, 2.24) is 9.46 Å². The number of hydrogen-bond donors (Lipinski definition) is 0. The van der Waals surface area contributed by atoms with Gasteiger partial charge in [0.1, 0.15) is 5.76 Å². The van der Waals surface area contributed by atoms with E-state index in [9.17, 15) is 8.42 Å². The molecule has 0 spiro atoms. The molecule has 1 aromatic heterocycles. The fraction of sp³-hybridized carbons (Fsp3) is 0.500. The van der Waals surface area contributed by atoms with E-state index in [0.717, 1.165) is 41.0 Å². The van der Waals surface area contributed by atoms with E-state index in [-0.39, 0.29) is 6.04 Å². The Balaban J connectivity index is 2.03. The van der Waals surface area contributed by atoms with Crippen LogP contribution < -0.4 is 0 Å². The third-order valence-corrected chi connectivity index (χ3v) is 6.83. The number of aromatic nitrogens is 1. The molecule has 0 aliphatic carbocycles. The molecule has 5 nitrogen and oxygen atoms in total. The molecule has 2 heterocycles. The summed E-state index contributed by atoms with van der Waals surface area (Å²) >= 11 is 0. The SMILES string of the molecule is CCc1onc(C)c1C1CCCN1S(=O)(=O)c1ccc(C)c(C)c1. The lowest BCUT2D eigenvalue weighted by Crippen LogP contribution is -2.31. The molecule has 0 radical (unpaired) electrons. The van der Waals surface area contributed by atoms with Crippen molar-refractivity contribution >= 4 is 10.0 Å². The number of sulfonamides is 1. The molecular formula is C18H24N2O3S. The largest absolute Gasteiger partial charge is 0.361 e. The molecule has 3 rings (SSSR count). The van der Waals surface area contributed by atoms with Crippen molar-refractivity contribution in [2.75, 3.05) is 6.54 Å². The van der Waals surface area contributed by atoms with Gasteiger partial charge in [-0.1, -0.05) is 18.1 Å². The monoisotopic (exact) mass is 348 g/mol. The number of benzene rings is 1. The van der Waals surface area contributed by atoms with Gasteiger partial charge in [0.25, 0.3) is 0 Å². The van der Waals surface area contributed by atoms with Gasteiger partial charge in [0.05, 0.1) is 16.6 Å². The van der Waals surface area contributed by atoms with Crippen LogP contribution in [0.25, 0.3) is 0 Å². The van der Waals surface area contributed by atoms with Gasteiger partial charge in [-0.05, 0) is 56.9 Å². The van der Waals surface area contributed by atoms with Gasteiger partial charge in [0.2, 0.25) is 10.0 Å². The van der Waals surface area contributed by atoms with E-state index in [4.69, 9.17) is 4.52 Å². The number of hydrogen-bond acceptors (Lipinski definition) is 4. The molecule has 1 aliphatic rings. The second-order valence-electron chi connectivity index (χ2n) is 6.48. The van der Waals surface area contributed by atoms with Gasteiger partial charge in [-0.3, -0.25) is 0 Å². The van der Waals surface area contributed by atoms with Crippen molar-refractivity contribution in [1.29, 1.82) is 0 Å². The molecule has 1 saturated heterocycles. The molecule has 6 heteroatoms. The number of rotatable bonds is 4. The Labute approximate surface area is 143 Å². The Kier molecular flexibility index (Phi) is 4.53. The minimum Gasteiger partial charge on any atom is -0.361 e. The molecule has 1 fully saturated rings. The Morgan fingerprint density at radius 2 is 2.00 bits per heavy atom. The highest BCUT2D eigenvalue weighted by Gasteiger charge is 2.39. The topological polar surface area (TPSA) is 63.4 Å². The van der Waals surface area contributed by atoms with Gasteiger partial charge in [0.15, 0.2) is 0 Å². The van der Waals surface area contributed by atoms with E-state index in [2.05, 4.69) is 5.16 Å². The first-order valence-corrected chi connectivity index (χ1v) is 9.84. The van der Waals surface area contributed by atoms with Crippen LogP contribution >= 0.6 is 0 Å². The first kappa shape index (κ1) is 17.2. The van der Waals surface area contributed by atoms with Gasteiger partial charge < -0.3 is 4.52 Å². The van der Waals surface area contributed by atoms with Crippen molar-refractivity contribution < 1.29 is 12.9 Å². The lowest BCUT2D eigenvalue weighted by atomic mass is 10.0. The second-order valence-corrected chi connectivity index (χ2v) is 8.37. The van der Waals surface area contributed by atoms with Gasteiger partial charge in [0, 0.05) is 18.5 Å². The highest BCUT2D eigenvalue weighted by Crippen LogP contribution is 2.39. The predicted molar refractivity (Wildman–Crippen MR) is 92.4 cm³/mol. The summed E-state index contributed by atoms with van der Waals surface area (Å²) in [7, 11) is -3.53. The van der Waals surface area contributed by atoms with Crippen molar-refractivity contribution in [3.63, 3.8) is 0 Å². The first-order chi connectivity index (χ1) is 11.4. The zero-order valence-electron chi connectivity index (χ0n) is 14.7. The second kappa shape index (κ2) is 6.33. The van der Waals surface area contributed by atoms with Crippen molar-refractivity contribution in [2.45, 2.75) is 57.9 Å². The minimum absolute atomic E-state index is 0.183. The Hall–Kier alpha value is -1.66. The molecular weight excluding hydrogens is 324 g/mol. The summed E-state index contributed by atoms with van der Waals surface area (Å²) in [6.45, 7) is 8.35. The van der Waals surface area contributed by atoms with Gasteiger partial charge >= 0.3 is 0 Å². The maximum atomic E-state index is 13.2. The normalized spacial score (nSPS) is 19.1. The van der Waals surface area contributed by atoms with Crippen LogP contribution in [-0.2, 0) is 16.4 Å². The summed E-state index contributed by atoms with van der Waals surface area (Å²) in [4.78, 5) is 0.365. The highest BCUT2D eigenvalue weighted by atomic mass is 32.2. The molecule has 0 N–H and O–H groups in total. The van der Waals surface area contributed by atoms with Crippen molar-refractivity contribution in [3.8, 4) is 0 Å². The molecule has 0 bridgehead atoms. The fourth-order valence-corrected chi connectivity index (χ4v) is 5.18. The molecule has 0 amide bonds. The smallest absolute Gasteiger partial charge is 0.243 e. The third kappa shape index (κ3) is 2.78. The van der Waals surface area contributed by atoms with Crippen LogP contribution in [0.1, 0.15) is 54.0 Å². The van der Waals surface area contributed by atoms with Crippen LogP contribution in [-0.4, -0.2) is 24.4 Å². The Bertz CT molecular complexity index is 855. The molecule has 1 aromatic carbocycles. The fourth-order valence-electron chi connectivity index (χ4n) is 3.43. The molecule has 24 heavy (non-hydrogen) atoms. The van der Waals surface area contributed by atoms with Crippen LogP contribution in [0.2, 0.25) is 0 Å². The van der Waals surface area contributed by atoms with E-state index in [1.54, 1.807) is 16.4 Å². The van der Waals surface area contributed by atoms with Crippen LogP contribution in [0.5, 0.6) is 0 Å². The van der Waals surface area contributed by atoms with Crippen LogP contribution in [0, 0.1) is 20.8 Å². The Morgan fingerprint density at radius 3 is 2.67 bits per heavy atom. The summed E-state index contributed by atoms with van der Waals surface area (Å²) in [5.41, 5.74) is 3.82. The maximum Gasteiger partial charge on any atom is 0.243 e. The lowest BCUT2D eigenvalue weighted by molar-refractivity contribution is 0.368. The van der Waals surface area contributed by atoms with Crippen molar-refractivity contribution in [3.05, 3.63) is 46.3 Å². The van der Waals surface area contributed by atoms with E-state index < -0.39 is 10.0 Å². The molecule has 2 aromatic rings. The molecule has 1 aliphatic heterocycles. The third-order valence-electron chi connectivity index (χ3n) is 4.93. The van der Waals surface area contributed by atoms with E-state index >= 15 is 0 Å². The zero-order valence-corrected chi connectivity index (χ0v) is 15.5. The number of nitrogens with zero attached hydrogens (tertiary/aromatic N) is 2. The Morgan fingerprint density at radius 1 is 1.25 bits per heavy atom. The standard InChI is InChI=1S/C18H24N2O3S/c1-5-17-18(14(4)19-23-17)16-7-6-10-20(16)24(21,22)15-9-8-12(2)13(3)11-15/h8-9,11,16H,5-7,10H2,1-4H3. The predicted octanol–water partition coefficient (Wildman–Crippen LogP) is 3.69. The average molecular weight is 348 g/mol. The minimum atomic E-state index is -3.53. The molecule has 130 valence electrons. The molecule has 1 atom stereocenters. The maximum absolute atomic E-state index is 13.2. The average Bonchev–Trinajstić information content (AvgIpc) is 3.15. The van der Waals surface area contributed by atoms with E-state index in [0.29, 0.717) is 17.9 Å². The van der Waals surface area contributed by atoms with Crippen LogP contribution in [0.15, 0.2) is 27.6 Å². The molecule has 1 unspecified atom stereocenters.